The summed E-state index contributed by atoms with van der Waals surface area (Å²) in [7, 11) is 1.82. The summed E-state index contributed by atoms with van der Waals surface area (Å²) < 4.78 is 5.65. The van der Waals surface area contributed by atoms with Crippen molar-refractivity contribution in [2.24, 2.45) is 0 Å². The fraction of sp³-hybridized carbons (Fsp3) is 0.867. The summed E-state index contributed by atoms with van der Waals surface area (Å²) in [5, 5.41) is 14.4. The smallest absolute Gasteiger partial charge is 0.120 e. The Bertz CT molecular complexity index is 415. The highest BCUT2D eigenvalue weighted by Gasteiger charge is 2.38. The van der Waals surface area contributed by atoms with Crippen molar-refractivity contribution in [3.05, 3.63) is 10.0 Å². The number of nitrogens with one attached hydrogen (secondary N) is 1. The zero-order valence-corrected chi connectivity index (χ0v) is 14.0. The first-order valence-electron chi connectivity index (χ1n) is 7.54. The molecule has 1 aromatic rings. The fourth-order valence-electron chi connectivity index (χ4n) is 2.46. The highest BCUT2D eigenvalue weighted by molar-refractivity contribution is 7.11. The molecule has 0 atom stereocenters. The van der Waals surface area contributed by atoms with Crippen molar-refractivity contribution in [3.8, 4) is 0 Å². The SMILES string of the molecule is COC1(Cc2nnc(CCCNC(C)(C)C)s2)CCC1. The van der Waals surface area contributed by atoms with Crippen LogP contribution < -0.4 is 5.32 Å². The van der Waals surface area contributed by atoms with Crippen molar-refractivity contribution in [1.82, 2.24) is 15.5 Å². The van der Waals surface area contributed by atoms with Gasteiger partial charge in [0.15, 0.2) is 0 Å². The van der Waals surface area contributed by atoms with Crippen LogP contribution in [0.1, 0.15) is 56.5 Å². The standard InChI is InChI=1S/C15H27N3OS/c1-14(2,3)16-10-5-7-12-17-18-13(20-12)11-15(19-4)8-6-9-15/h16H,5-11H2,1-4H3. The first-order valence-corrected chi connectivity index (χ1v) is 8.36. The van der Waals surface area contributed by atoms with Crippen molar-refractivity contribution >= 4 is 11.3 Å². The zero-order chi connectivity index (χ0) is 14.6. The van der Waals surface area contributed by atoms with Gasteiger partial charge in [0, 0.05) is 25.5 Å². The summed E-state index contributed by atoms with van der Waals surface area (Å²) in [6, 6.07) is 0. The third-order valence-electron chi connectivity index (χ3n) is 3.90. The minimum absolute atomic E-state index is 0.0601. The molecule has 0 unspecified atom stereocenters. The predicted octanol–water partition coefficient (Wildman–Crippen LogP) is 2.97. The van der Waals surface area contributed by atoms with Crippen molar-refractivity contribution in [2.75, 3.05) is 13.7 Å². The molecule has 5 heteroatoms. The van der Waals surface area contributed by atoms with Crippen molar-refractivity contribution in [1.29, 1.82) is 0 Å². The summed E-state index contributed by atoms with van der Waals surface area (Å²) in [4.78, 5) is 0. The second kappa shape index (κ2) is 6.50. The Hall–Kier alpha value is -0.520. The van der Waals surface area contributed by atoms with Crippen LogP contribution in [0.3, 0.4) is 0 Å². The molecule has 114 valence electrons. The van der Waals surface area contributed by atoms with E-state index in [0.29, 0.717) is 0 Å². The van der Waals surface area contributed by atoms with Gasteiger partial charge in [-0.2, -0.15) is 0 Å². The molecule has 0 saturated heterocycles. The van der Waals surface area contributed by atoms with E-state index in [0.717, 1.165) is 48.7 Å². The van der Waals surface area contributed by atoms with E-state index >= 15 is 0 Å². The molecular formula is C15H27N3OS. The van der Waals surface area contributed by atoms with Crippen LogP contribution in [-0.4, -0.2) is 35.0 Å². The summed E-state index contributed by atoms with van der Waals surface area (Å²) in [6.45, 7) is 7.61. The average Bonchev–Trinajstić information content (AvgIpc) is 2.76. The first-order chi connectivity index (χ1) is 9.42. The van der Waals surface area contributed by atoms with Gasteiger partial charge in [-0.15, -0.1) is 21.5 Å². The normalized spacial score (nSPS) is 18.0. The lowest BCUT2D eigenvalue weighted by molar-refractivity contribution is -0.0709. The summed E-state index contributed by atoms with van der Waals surface area (Å²) in [6.07, 6.45) is 6.66. The molecule has 1 aliphatic carbocycles. The molecule has 1 aliphatic rings. The summed E-state index contributed by atoms with van der Waals surface area (Å²) >= 11 is 1.75. The second-order valence-electron chi connectivity index (χ2n) is 6.79. The molecule has 1 saturated carbocycles. The van der Waals surface area contributed by atoms with E-state index in [9.17, 15) is 0 Å². The van der Waals surface area contributed by atoms with E-state index in [-0.39, 0.29) is 11.1 Å². The number of rotatable bonds is 7. The van der Waals surface area contributed by atoms with Crippen LogP contribution in [0.15, 0.2) is 0 Å². The molecule has 1 fully saturated rings. The molecule has 1 heterocycles. The molecule has 0 aliphatic heterocycles. The van der Waals surface area contributed by atoms with Crippen molar-refractivity contribution in [3.63, 3.8) is 0 Å². The minimum atomic E-state index is 0.0601. The Morgan fingerprint density at radius 3 is 2.50 bits per heavy atom. The Kier molecular flexibility index (Phi) is 5.15. The van der Waals surface area contributed by atoms with Gasteiger partial charge in [-0.1, -0.05) is 0 Å². The van der Waals surface area contributed by atoms with Crippen LogP contribution >= 0.6 is 11.3 Å². The minimum Gasteiger partial charge on any atom is -0.378 e. The van der Waals surface area contributed by atoms with E-state index < -0.39 is 0 Å². The molecule has 1 N–H and O–H groups in total. The van der Waals surface area contributed by atoms with Gasteiger partial charge in [-0.05, 0) is 53.0 Å². The lowest BCUT2D eigenvalue weighted by Crippen LogP contribution is -2.41. The van der Waals surface area contributed by atoms with Gasteiger partial charge in [-0.3, -0.25) is 0 Å². The highest BCUT2D eigenvalue weighted by Crippen LogP contribution is 2.38. The van der Waals surface area contributed by atoms with E-state index in [1.807, 2.05) is 7.11 Å². The molecule has 2 rings (SSSR count). The third kappa shape index (κ3) is 4.50. The van der Waals surface area contributed by atoms with Crippen LogP contribution in [0.25, 0.3) is 0 Å². The Balaban J connectivity index is 1.75. The number of hydrogen-bond acceptors (Lipinski definition) is 5. The Morgan fingerprint density at radius 2 is 1.95 bits per heavy atom. The van der Waals surface area contributed by atoms with Gasteiger partial charge in [-0.25, -0.2) is 0 Å². The van der Waals surface area contributed by atoms with Crippen LogP contribution in [0.4, 0.5) is 0 Å². The maximum absolute atomic E-state index is 5.65. The topological polar surface area (TPSA) is 47.0 Å². The summed E-state index contributed by atoms with van der Waals surface area (Å²) in [5.41, 5.74) is 0.256. The zero-order valence-electron chi connectivity index (χ0n) is 13.2. The lowest BCUT2D eigenvalue weighted by Gasteiger charge is -2.39. The average molecular weight is 297 g/mol. The largest absolute Gasteiger partial charge is 0.378 e. The van der Waals surface area contributed by atoms with Gasteiger partial charge >= 0.3 is 0 Å². The fourth-order valence-corrected chi connectivity index (χ4v) is 3.48. The Morgan fingerprint density at radius 1 is 1.25 bits per heavy atom. The van der Waals surface area contributed by atoms with Crippen LogP contribution in [-0.2, 0) is 17.6 Å². The third-order valence-corrected chi connectivity index (χ3v) is 4.89. The molecule has 1 aromatic heterocycles. The number of aryl methyl sites for hydroxylation is 1. The molecule has 0 amide bonds. The van der Waals surface area contributed by atoms with Gasteiger partial charge in [0.2, 0.25) is 0 Å². The number of hydrogen-bond donors (Lipinski definition) is 1. The number of aromatic nitrogens is 2. The number of ether oxygens (including phenoxy) is 1. The van der Waals surface area contributed by atoms with Gasteiger partial charge in [0.25, 0.3) is 0 Å². The van der Waals surface area contributed by atoms with Gasteiger partial charge < -0.3 is 10.1 Å². The highest BCUT2D eigenvalue weighted by atomic mass is 32.1. The van der Waals surface area contributed by atoms with Crippen molar-refractivity contribution < 1.29 is 4.74 Å². The van der Waals surface area contributed by atoms with Gasteiger partial charge in [0.05, 0.1) is 5.60 Å². The predicted molar refractivity (Wildman–Crippen MR) is 83.3 cm³/mol. The van der Waals surface area contributed by atoms with Gasteiger partial charge in [0.1, 0.15) is 10.0 Å². The molecule has 4 nitrogen and oxygen atoms in total. The molecule has 0 bridgehead atoms. The monoisotopic (exact) mass is 297 g/mol. The maximum Gasteiger partial charge on any atom is 0.120 e. The van der Waals surface area contributed by atoms with E-state index in [1.54, 1.807) is 11.3 Å². The van der Waals surface area contributed by atoms with Crippen molar-refractivity contribution in [2.45, 2.75) is 70.4 Å². The van der Waals surface area contributed by atoms with E-state index in [1.165, 1.54) is 6.42 Å². The lowest BCUT2D eigenvalue weighted by atomic mass is 9.78. The summed E-state index contributed by atoms with van der Waals surface area (Å²) in [5.74, 6) is 0. The van der Waals surface area contributed by atoms with Crippen LogP contribution in [0.5, 0.6) is 0 Å². The quantitative estimate of drug-likeness (QED) is 0.786. The van der Waals surface area contributed by atoms with Crippen LogP contribution in [0.2, 0.25) is 0 Å². The van der Waals surface area contributed by atoms with E-state index in [4.69, 9.17) is 4.74 Å². The van der Waals surface area contributed by atoms with E-state index in [2.05, 4.69) is 36.3 Å². The molecule has 0 radical (unpaired) electrons. The first kappa shape index (κ1) is 15.9. The second-order valence-corrected chi connectivity index (χ2v) is 7.93. The number of nitrogens with zero attached hydrogens (tertiary/aromatic N) is 2. The van der Waals surface area contributed by atoms with Crippen LogP contribution in [0, 0.1) is 0 Å². The molecule has 20 heavy (non-hydrogen) atoms. The molecule has 0 spiro atoms. The Labute approximate surface area is 126 Å². The number of methoxy groups -OCH3 is 1. The molecular weight excluding hydrogens is 270 g/mol. The maximum atomic E-state index is 5.65. The molecule has 0 aromatic carbocycles.